The normalized spacial score (nSPS) is 8.64. The molecule has 0 aliphatic rings. The fourth-order valence-corrected chi connectivity index (χ4v) is 0.750. The van der Waals surface area contributed by atoms with Gasteiger partial charge < -0.3 is 4.89 Å². The van der Waals surface area contributed by atoms with Crippen LogP contribution in [0.1, 0.15) is 5.56 Å². The van der Waals surface area contributed by atoms with Crippen molar-refractivity contribution >= 4 is 20.5 Å². The number of aliphatic imine (C=N–C) groups is 1. The number of hydrogen-bond donors (Lipinski definition) is 1. The topological polar surface area (TPSA) is 66.7 Å². The van der Waals surface area contributed by atoms with Crippen molar-refractivity contribution < 1.29 is 14.3 Å². The summed E-state index contributed by atoms with van der Waals surface area (Å²) in [5.74, 6) is 0. The zero-order valence-electron chi connectivity index (χ0n) is 7.38. The molecule has 0 amide bonds. The quantitative estimate of drug-likeness (QED) is 0.459. The van der Waals surface area contributed by atoms with Gasteiger partial charge in [0, 0.05) is 5.56 Å². The van der Waals surface area contributed by atoms with Gasteiger partial charge in [-0.1, -0.05) is 36.9 Å². The Morgan fingerprint density at radius 3 is 2.36 bits per heavy atom. The van der Waals surface area contributed by atoms with Crippen LogP contribution in [0.3, 0.4) is 0 Å². The first-order valence-corrected chi connectivity index (χ1v) is 4.65. The zero-order chi connectivity index (χ0) is 10.8. The van der Waals surface area contributed by atoms with Crippen LogP contribution in [0, 0.1) is 0 Å². The van der Waals surface area contributed by atoms with E-state index in [0.29, 0.717) is 5.70 Å². The maximum atomic E-state index is 9.84. The molecule has 0 aliphatic heterocycles. The van der Waals surface area contributed by atoms with Crippen LogP contribution < -0.4 is 0 Å². The molecule has 0 spiro atoms. The molecule has 1 aromatic carbocycles. The second kappa shape index (κ2) is 8.14. The average Bonchev–Trinajstić information content (AvgIpc) is 2.21. The van der Waals surface area contributed by atoms with Gasteiger partial charge in [-0.3, -0.25) is 4.57 Å². The third kappa shape index (κ3) is 5.22. The summed E-state index contributed by atoms with van der Waals surface area (Å²) in [6.07, 6.45) is 1.44. The van der Waals surface area contributed by atoms with Crippen molar-refractivity contribution in [1.29, 1.82) is 0 Å². The highest BCUT2D eigenvalue weighted by Gasteiger charge is 1.92. The zero-order valence-corrected chi connectivity index (χ0v) is 8.54. The minimum Gasteiger partial charge on any atom is -0.348 e. The molecule has 1 unspecified atom stereocenters. The summed E-state index contributed by atoms with van der Waals surface area (Å²) in [6.45, 7) is 3.59. The van der Waals surface area contributed by atoms with Gasteiger partial charge in [0.25, 0.3) is 0 Å². The minimum atomic E-state index is -1.50. The smallest absolute Gasteiger partial charge is 0.240 e. The summed E-state index contributed by atoms with van der Waals surface area (Å²) < 4.78 is 8.57. The van der Waals surface area contributed by atoms with Crippen LogP contribution in [0.25, 0.3) is 5.70 Å². The van der Waals surface area contributed by atoms with Crippen LogP contribution in [0.4, 0.5) is 0 Å². The van der Waals surface area contributed by atoms with Gasteiger partial charge in [0.2, 0.25) is 6.08 Å². The monoisotopic (exact) mass is 211 g/mol. The molecular weight excluding hydrogens is 201 g/mol. The van der Waals surface area contributed by atoms with E-state index in [-0.39, 0.29) is 0 Å². The van der Waals surface area contributed by atoms with Crippen LogP contribution in [-0.4, -0.2) is 11.0 Å². The second-order valence-corrected chi connectivity index (χ2v) is 2.33. The maximum Gasteiger partial charge on any atom is 0.240 e. The predicted molar refractivity (Wildman–Crippen MR) is 56.2 cm³/mol. The lowest BCUT2D eigenvalue weighted by atomic mass is 10.2. The number of hydrogen-bond acceptors (Lipinski definition) is 3. The van der Waals surface area contributed by atoms with E-state index in [0.717, 1.165) is 5.56 Å². The van der Waals surface area contributed by atoms with Gasteiger partial charge >= 0.3 is 0 Å². The Morgan fingerprint density at radius 2 is 1.93 bits per heavy atom. The minimum absolute atomic E-state index is 0.445. The number of carbonyl (C=O) groups excluding carboxylic acids is 1. The van der Waals surface area contributed by atoms with Gasteiger partial charge in [-0.15, -0.1) is 0 Å². The highest BCUT2D eigenvalue weighted by molar-refractivity contribution is 7.16. The summed E-state index contributed by atoms with van der Waals surface area (Å²) in [6, 6.07) is 9.29. The molecule has 1 N–H and O–H groups in total. The molecule has 0 heterocycles. The van der Waals surface area contributed by atoms with Gasteiger partial charge in [0.1, 0.15) is 0 Å². The van der Waals surface area contributed by atoms with Gasteiger partial charge in [-0.25, -0.2) is 4.79 Å². The van der Waals surface area contributed by atoms with Gasteiger partial charge in [-0.2, -0.15) is 4.99 Å². The first-order valence-electron chi connectivity index (χ1n) is 3.66. The number of rotatable bonds is 2. The fraction of sp³-hybridized carbons (Fsp3) is 0. The first kappa shape index (κ1) is 12.5. The maximum absolute atomic E-state index is 9.84. The number of benzene rings is 1. The van der Waals surface area contributed by atoms with Crippen LogP contribution in [-0.2, 0) is 9.36 Å². The third-order valence-corrected chi connectivity index (χ3v) is 1.29. The summed E-state index contributed by atoms with van der Waals surface area (Å²) in [5.41, 5.74) is 1.29. The SMILES string of the molecule is C=C(N=C=O)c1ccccc1.O=[PH2]O. The summed E-state index contributed by atoms with van der Waals surface area (Å²) in [7, 11) is -1.50. The molecule has 14 heavy (non-hydrogen) atoms. The molecule has 1 rings (SSSR count). The molecule has 0 saturated heterocycles. The van der Waals surface area contributed by atoms with Gasteiger partial charge in [-0.05, 0) is 0 Å². The van der Waals surface area contributed by atoms with Crippen molar-refractivity contribution in [2.75, 3.05) is 0 Å². The largest absolute Gasteiger partial charge is 0.348 e. The Hall–Kier alpha value is -1.47. The standard InChI is InChI=1S/C9H7NO.H3O2P/c1-8(10-7-11)9-5-3-2-4-6-9;1-3-2/h2-6H,1H2;3H2,(H,1,2). The van der Waals surface area contributed by atoms with E-state index in [1.165, 1.54) is 6.08 Å². The third-order valence-electron chi connectivity index (χ3n) is 1.29. The lowest BCUT2D eigenvalue weighted by Gasteiger charge is -1.94. The van der Waals surface area contributed by atoms with Crippen LogP contribution >= 0.6 is 8.69 Å². The van der Waals surface area contributed by atoms with Crippen molar-refractivity contribution in [3.8, 4) is 0 Å². The second-order valence-electron chi connectivity index (χ2n) is 2.12. The van der Waals surface area contributed by atoms with Gasteiger partial charge in [0.05, 0.1) is 5.70 Å². The fourth-order valence-electron chi connectivity index (χ4n) is 0.750. The number of nitrogens with zero attached hydrogens (tertiary/aromatic N) is 1. The average molecular weight is 211 g/mol. The van der Waals surface area contributed by atoms with E-state index >= 15 is 0 Å². The van der Waals surface area contributed by atoms with E-state index < -0.39 is 8.69 Å². The molecule has 4 nitrogen and oxygen atoms in total. The molecule has 74 valence electrons. The van der Waals surface area contributed by atoms with E-state index in [4.69, 9.17) is 9.46 Å². The van der Waals surface area contributed by atoms with Crippen molar-refractivity contribution in [1.82, 2.24) is 0 Å². The first-order chi connectivity index (χ1) is 6.76. The highest BCUT2D eigenvalue weighted by atomic mass is 31.1. The molecule has 0 aromatic heterocycles. The molecule has 5 heteroatoms. The van der Waals surface area contributed by atoms with Crippen LogP contribution in [0.2, 0.25) is 0 Å². The van der Waals surface area contributed by atoms with Crippen molar-refractivity contribution in [3.05, 3.63) is 42.5 Å². The molecular formula is C9H10NO3P. The molecule has 0 saturated carbocycles. The lowest BCUT2D eigenvalue weighted by Crippen LogP contribution is -1.75. The van der Waals surface area contributed by atoms with Crippen LogP contribution in [0.15, 0.2) is 41.9 Å². The molecule has 1 atom stereocenters. The Kier molecular flexibility index (Phi) is 7.29. The Balaban J connectivity index is 0.000000500. The number of isocyanates is 1. The van der Waals surface area contributed by atoms with Crippen molar-refractivity contribution in [3.63, 3.8) is 0 Å². The Morgan fingerprint density at radius 1 is 1.43 bits per heavy atom. The predicted octanol–water partition coefficient (Wildman–Crippen LogP) is 1.64. The Labute approximate surface area is 82.9 Å². The van der Waals surface area contributed by atoms with E-state index in [9.17, 15) is 4.79 Å². The molecule has 0 aliphatic carbocycles. The summed E-state index contributed by atoms with van der Waals surface area (Å²) in [4.78, 5) is 20.3. The molecule has 0 fully saturated rings. The summed E-state index contributed by atoms with van der Waals surface area (Å²) >= 11 is 0. The van der Waals surface area contributed by atoms with Gasteiger partial charge in [0.15, 0.2) is 8.69 Å². The Bertz CT molecular complexity index is 344. The molecule has 1 aromatic rings. The molecule has 0 bridgehead atoms. The van der Waals surface area contributed by atoms with E-state index in [1.807, 2.05) is 30.3 Å². The van der Waals surface area contributed by atoms with Crippen molar-refractivity contribution in [2.24, 2.45) is 4.99 Å². The van der Waals surface area contributed by atoms with Crippen molar-refractivity contribution in [2.45, 2.75) is 0 Å². The summed E-state index contributed by atoms with van der Waals surface area (Å²) in [5, 5.41) is 0. The highest BCUT2D eigenvalue weighted by Crippen LogP contribution is 2.10. The van der Waals surface area contributed by atoms with Crippen LogP contribution in [0.5, 0.6) is 0 Å². The lowest BCUT2D eigenvalue weighted by molar-refractivity contribution is 0.524. The molecule has 0 radical (unpaired) electrons. The van der Waals surface area contributed by atoms with E-state index in [1.54, 1.807) is 0 Å². The van der Waals surface area contributed by atoms with E-state index in [2.05, 4.69) is 11.6 Å².